The Bertz CT molecular complexity index is 319. The van der Waals surface area contributed by atoms with Crippen LogP contribution in [0.2, 0.25) is 0 Å². The van der Waals surface area contributed by atoms with E-state index >= 15 is 0 Å². The molecule has 0 N–H and O–H groups in total. The van der Waals surface area contributed by atoms with Crippen molar-refractivity contribution in [3.63, 3.8) is 0 Å². The second-order valence-electron chi connectivity index (χ2n) is 2.85. The van der Waals surface area contributed by atoms with Gasteiger partial charge in [-0.2, -0.15) is 5.26 Å². The van der Waals surface area contributed by atoms with Gasteiger partial charge < -0.3 is 4.74 Å². The van der Waals surface area contributed by atoms with Gasteiger partial charge >= 0.3 is 0 Å². The van der Waals surface area contributed by atoms with Crippen LogP contribution >= 0.6 is 11.6 Å². The SMILES string of the molecule is N#CCCCOc1ccccc1CCl. The Morgan fingerprint density at radius 3 is 2.86 bits per heavy atom. The maximum absolute atomic E-state index is 8.34. The fraction of sp³-hybridized carbons (Fsp3) is 0.364. The van der Waals surface area contributed by atoms with Crippen LogP contribution in [0, 0.1) is 11.3 Å². The molecule has 0 aliphatic rings. The van der Waals surface area contributed by atoms with E-state index in [1.165, 1.54) is 0 Å². The first-order valence-electron chi connectivity index (χ1n) is 4.52. The highest BCUT2D eigenvalue weighted by Crippen LogP contribution is 2.19. The Morgan fingerprint density at radius 1 is 1.36 bits per heavy atom. The molecular formula is C11H12ClNO. The quantitative estimate of drug-likeness (QED) is 0.552. The second kappa shape index (κ2) is 6.28. The highest BCUT2D eigenvalue weighted by molar-refractivity contribution is 6.17. The zero-order chi connectivity index (χ0) is 10.2. The Morgan fingerprint density at radius 2 is 2.14 bits per heavy atom. The van der Waals surface area contributed by atoms with Crippen molar-refractivity contribution in [3.05, 3.63) is 29.8 Å². The lowest BCUT2D eigenvalue weighted by molar-refractivity contribution is 0.310. The summed E-state index contributed by atoms with van der Waals surface area (Å²) in [4.78, 5) is 0. The number of nitrogens with zero attached hydrogens (tertiary/aromatic N) is 1. The van der Waals surface area contributed by atoms with Gasteiger partial charge in [-0.05, 0) is 12.5 Å². The minimum Gasteiger partial charge on any atom is -0.493 e. The maximum atomic E-state index is 8.34. The number of alkyl halides is 1. The third-order valence-corrected chi connectivity index (χ3v) is 2.09. The van der Waals surface area contributed by atoms with E-state index in [0.29, 0.717) is 18.9 Å². The van der Waals surface area contributed by atoms with Crippen LogP contribution in [0.5, 0.6) is 5.75 Å². The zero-order valence-corrected chi connectivity index (χ0v) is 8.63. The molecule has 1 rings (SSSR count). The molecule has 0 bridgehead atoms. The molecule has 0 radical (unpaired) electrons. The normalized spacial score (nSPS) is 9.43. The molecule has 1 aromatic rings. The van der Waals surface area contributed by atoms with Gasteiger partial charge in [0.05, 0.1) is 18.6 Å². The summed E-state index contributed by atoms with van der Waals surface area (Å²) in [6.07, 6.45) is 1.29. The van der Waals surface area contributed by atoms with Crippen LogP contribution in [0.25, 0.3) is 0 Å². The van der Waals surface area contributed by atoms with E-state index in [1.807, 2.05) is 24.3 Å². The fourth-order valence-corrected chi connectivity index (χ4v) is 1.31. The van der Waals surface area contributed by atoms with E-state index in [1.54, 1.807) is 0 Å². The molecule has 14 heavy (non-hydrogen) atoms. The van der Waals surface area contributed by atoms with Crippen LogP contribution in [0.15, 0.2) is 24.3 Å². The zero-order valence-electron chi connectivity index (χ0n) is 7.87. The average Bonchev–Trinajstić information content (AvgIpc) is 2.25. The summed E-state index contributed by atoms with van der Waals surface area (Å²) < 4.78 is 5.49. The van der Waals surface area contributed by atoms with Gasteiger partial charge in [-0.1, -0.05) is 18.2 Å². The number of unbranched alkanes of at least 4 members (excludes halogenated alkanes) is 1. The lowest BCUT2D eigenvalue weighted by Gasteiger charge is -2.08. The standard InChI is InChI=1S/C11H12ClNO/c12-9-10-5-1-2-6-11(10)14-8-4-3-7-13/h1-2,5-6H,3-4,8-9H2. The van der Waals surface area contributed by atoms with Crippen molar-refractivity contribution in [2.24, 2.45) is 0 Å². The molecule has 0 amide bonds. The van der Waals surface area contributed by atoms with Gasteiger partial charge in [0.15, 0.2) is 0 Å². The molecule has 0 fully saturated rings. The Labute approximate surface area is 89.1 Å². The number of benzene rings is 1. The van der Waals surface area contributed by atoms with Crippen molar-refractivity contribution in [1.29, 1.82) is 5.26 Å². The molecule has 0 aromatic heterocycles. The molecule has 2 nitrogen and oxygen atoms in total. The first-order valence-corrected chi connectivity index (χ1v) is 5.05. The van der Waals surface area contributed by atoms with Gasteiger partial charge in [-0.25, -0.2) is 0 Å². The maximum Gasteiger partial charge on any atom is 0.123 e. The van der Waals surface area contributed by atoms with Gasteiger partial charge in [-0.3, -0.25) is 0 Å². The van der Waals surface area contributed by atoms with Crippen LogP contribution < -0.4 is 4.74 Å². The van der Waals surface area contributed by atoms with Crippen LogP contribution in [-0.4, -0.2) is 6.61 Å². The molecule has 0 saturated carbocycles. The third kappa shape index (κ3) is 3.27. The number of nitriles is 1. The molecule has 74 valence electrons. The first kappa shape index (κ1) is 10.9. The lowest BCUT2D eigenvalue weighted by atomic mass is 10.2. The number of hydrogen-bond acceptors (Lipinski definition) is 2. The average molecular weight is 210 g/mol. The Kier molecular flexibility index (Phi) is 4.88. The molecule has 0 aliphatic carbocycles. The van der Waals surface area contributed by atoms with E-state index < -0.39 is 0 Å². The summed E-state index contributed by atoms with van der Waals surface area (Å²) >= 11 is 5.74. The number of hydrogen-bond donors (Lipinski definition) is 0. The predicted octanol–water partition coefficient (Wildman–Crippen LogP) is 3.11. The number of para-hydroxylation sites is 1. The molecule has 0 spiro atoms. The van der Waals surface area contributed by atoms with Gasteiger partial charge in [0.2, 0.25) is 0 Å². The Balaban J connectivity index is 2.46. The third-order valence-electron chi connectivity index (χ3n) is 1.81. The smallest absolute Gasteiger partial charge is 0.123 e. The summed E-state index contributed by atoms with van der Waals surface area (Å²) in [5.41, 5.74) is 0.992. The van der Waals surface area contributed by atoms with E-state index in [9.17, 15) is 0 Å². The van der Waals surface area contributed by atoms with E-state index in [2.05, 4.69) is 6.07 Å². The summed E-state index contributed by atoms with van der Waals surface area (Å²) in [6.45, 7) is 0.571. The number of rotatable bonds is 5. The highest BCUT2D eigenvalue weighted by atomic mass is 35.5. The van der Waals surface area contributed by atoms with Crippen molar-refractivity contribution >= 4 is 11.6 Å². The second-order valence-corrected chi connectivity index (χ2v) is 3.12. The van der Waals surface area contributed by atoms with Gasteiger partial charge in [0, 0.05) is 12.0 Å². The van der Waals surface area contributed by atoms with E-state index in [4.69, 9.17) is 21.6 Å². The molecule has 0 atom stereocenters. The summed E-state index contributed by atoms with van der Waals surface area (Å²) in [6, 6.07) is 9.75. The van der Waals surface area contributed by atoms with Crippen molar-refractivity contribution in [3.8, 4) is 11.8 Å². The molecular weight excluding hydrogens is 198 g/mol. The number of halogens is 1. The van der Waals surface area contributed by atoms with Crippen LogP contribution in [0.1, 0.15) is 18.4 Å². The molecule has 0 aliphatic heterocycles. The molecule has 0 saturated heterocycles. The lowest BCUT2D eigenvalue weighted by Crippen LogP contribution is -1.98. The van der Waals surface area contributed by atoms with Crippen LogP contribution in [0.3, 0.4) is 0 Å². The summed E-state index contributed by atoms with van der Waals surface area (Å²) in [5.74, 6) is 1.27. The van der Waals surface area contributed by atoms with Crippen LogP contribution in [0.4, 0.5) is 0 Å². The fourth-order valence-electron chi connectivity index (χ4n) is 1.09. The topological polar surface area (TPSA) is 33.0 Å². The van der Waals surface area contributed by atoms with Gasteiger partial charge in [0.1, 0.15) is 5.75 Å². The minimum atomic E-state index is 0.453. The van der Waals surface area contributed by atoms with Crippen molar-refractivity contribution in [2.45, 2.75) is 18.7 Å². The first-order chi connectivity index (χ1) is 6.88. The minimum absolute atomic E-state index is 0.453. The largest absolute Gasteiger partial charge is 0.493 e. The molecule has 0 unspecified atom stereocenters. The molecule has 3 heteroatoms. The van der Waals surface area contributed by atoms with Crippen molar-refractivity contribution in [2.75, 3.05) is 6.61 Å². The monoisotopic (exact) mass is 209 g/mol. The summed E-state index contributed by atoms with van der Waals surface area (Å²) in [7, 11) is 0. The van der Waals surface area contributed by atoms with Gasteiger partial charge in [0.25, 0.3) is 0 Å². The predicted molar refractivity (Wildman–Crippen MR) is 56.3 cm³/mol. The van der Waals surface area contributed by atoms with Crippen LogP contribution in [-0.2, 0) is 5.88 Å². The Hall–Kier alpha value is -1.20. The van der Waals surface area contributed by atoms with Gasteiger partial charge in [-0.15, -0.1) is 11.6 Å². The van der Waals surface area contributed by atoms with E-state index in [0.717, 1.165) is 17.7 Å². The van der Waals surface area contributed by atoms with E-state index in [-0.39, 0.29) is 0 Å². The highest BCUT2D eigenvalue weighted by Gasteiger charge is 2.00. The van der Waals surface area contributed by atoms with Crippen molar-refractivity contribution in [1.82, 2.24) is 0 Å². The molecule has 0 heterocycles. The molecule has 1 aromatic carbocycles. The summed E-state index contributed by atoms with van der Waals surface area (Å²) in [5, 5.41) is 8.34. The number of ether oxygens (including phenoxy) is 1. The van der Waals surface area contributed by atoms with Crippen molar-refractivity contribution < 1.29 is 4.74 Å².